The minimum absolute atomic E-state index is 0.274. The number of H-pyrrole nitrogens is 1. The number of ether oxygens (including phenoxy) is 1. The van der Waals surface area contributed by atoms with Crippen molar-refractivity contribution >= 4 is 22.7 Å². The number of thioether (sulfide) groups is 1. The van der Waals surface area contributed by atoms with Gasteiger partial charge in [0.15, 0.2) is 5.17 Å². The van der Waals surface area contributed by atoms with E-state index in [4.69, 9.17) is 4.74 Å². The van der Waals surface area contributed by atoms with Crippen LogP contribution in [0.25, 0.3) is 0 Å². The van der Waals surface area contributed by atoms with Crippen LogP contribution in [-0.2, 0) is 4.74 Å². The van der Waals surface area contributed by atoms with Crippen LogP contribution >= 0.6 is 11.8 Å². The molecule has 2 aliphatic heterocycles. The number of nitrogens with one attached hydrogen (secondary N) is 3. The molecule has 1 fully saturated rings. The number of rotatable bonds is 3. The van der Waals surface area contributed by atoms with Gasteiger partial charge in [-0.1, -0.05) is 11.8 Å². The third kappa shape index (κ3) is 2.49. The molecule has 20 heavy (non-hydrogen) atoms. The normalized spacial score (nSPS) is 36.4. The lowest BCUT2D eigenvalue weighted by Crippen LogP contribution is -2.56. The Bertz CT molecular complexity index is 482. The summed E-state index contributed by atoms with van der Waals surface area (Å²) >= 11 is 1.43. The number of fused-ring (bicyclic) bond motifs is 1. The molecule has 0 saturated carbocycles. The number of aliphatic imine (C=N–C) groups is 1. The van der Waals surface area contributed by atoms with Gasteiger partial charge in [-0.2, -0.15) is 5.10 Å². The highest BCUT2D eigenvalue weighted by molar-refractivity contribution is 8.14. The SMILES string of the molecule is CNC1=N[C@@H]2[C@@H](O)[C@H](O)[C@@H](CNc3ccn[nH]3)O[C@@H]2S1. The van der Waals surface area contributed by atoms with Gasteiger partial charge in [0.2, 0.25) is 0 Å². The summed E-state index contributed by atoms with van der Waals surface area (Å²) in [5, 5.41) is 33.6. The summed E-state index contributed by atoms with van der Waals surface area (Å²) in [6.45, 7) is 0.374. The van der Waals surface area contributed by atoms with Crippen LogP contribution in [0.1, 0.15) is 0 Å². The molecule has 9 heteroatoms. The molecule has 3 heterocycles. The van der Waals surface area contributed by atoms with Crippen molar-refractivity contribution in [3.8, 4) is 0 Å². The van der Waals surface area contributed by atoms with Crippen molar-refractivity contribution in [2.75, 3.05) is 18.9 Å². The molecule has 0 aliphatic carbocycles. The summed E-state index contributed by atoms with van der Waals surface area (Å²) in [6.07, 6.45) is -0.785. The molecule has 0 aromatic carbocycles. The standard InChI is InChI=1S/C11H17N5O3S/c1-12-11-15-7-9(18)8(17)5(19-10(7)20-11)4-13-6-2-3-14-16-6/h2-3,5,7-10,17-18H,4H2,1H3,(H,12,15)(H2,13,14,16)/t5-,7-,8-,9-,10-/m1/s1. The first-order valence-electron chi connectivity index (χ1n) is 6.36. The molecule has 1 aromatic rings. The van der Waals surface area contributed by atoms with Crippen molar-refractivity contribution in [2.45, 2.75) is 29.8 Å². The number of hydrogen-bond donors (Lipinski definition) is 5. The lowest BCUT2D eigenvalue weighted by molar-refractivity contribution is -0.147. The zero-order valence-electron chi connectivity index (χ0n) is 10.9. The van der Waals surface area contributed by atoms with Gasteiger partial charge in [0.05, 0.1) is 6.20 Å². The Balaban J connectivity index is 1.63. The van der Waals surface area contributed by atoms with Crippen molar-refractivity contribution in [1.82, 2.24) is 15.5 Å². The van der Waals surface area contributed by atoms with Gasteiger partial charge in [-0.3, -0.25) is 10.1 Å². The fourth-order valence-corrected chi connectivity index (χ4v) is 3.36. The second-order valence-electron chi connectivity index (χ2n) is 4.67. The quantitative estimate of drug-likeness (QED) is 0.484. The molecule has 5 N–H and O–H groups in total. The number of aromatic amines is 1. The summed E-state index contributed by atoms with van der Waals surface area (Å²) in [4.78, 5) is 4.30. The minimum atomic E-state index is -0.979. The predicted molar refractivity (Wildman–Crippen MR) is 75.6 cm³/mol. The van der Waals surface area contributed by atoms with Crippen LogP contribution in [0.4, 0.5) is 5.82 Å². The highest BCUT2D eigenvalue weighted by Crippen LogP contribution is 2.35. The number of amidine groups is 1. The molecule has 8 nitrogen and oxygen atoms in total. The highest BCUT2D eigenvalue weighted by atomic mass is 32.2. The van der Waals surface area contributed by atoms with Gasteiger partial charge >= 0.3 is 0 Å². The largest absolute Gasteiger partial charge is 0.388 e. The van der Waals surface area contributed by atoms with Gasteiger partial charge in [-0.25, -0.2) is 0 Å². The number of aromatic nitrogens is 2. The van der Waals surface area contributed by atoms with Gasteiger partial charge in [-0.05, 0) is 6.07 Å². The molecular weight excluding hydrogens is 282 g/mol. The van der Waals surface area contributed by atoms with E-state index in [0.29, 0.717) is 11.7 Å². The molecule has 0 spiro atoms. The first-order chi connectivity index (χ1) is 9.69. The van der Waals surface area contributed by atoms with E-state index in [1.807, 2.05) is 0 Å². The van der Waals surface area contributed by atoms with Crippen molar-refractivity contribution in [3.05, 3.63) is 12.3 Å². The zero-order chi connectivity index (χ0) is 14.1. The van der Waals surface area contributed by atoms with E-state index < -0.39 is 24.4 Å². The zero-order valence-corrected chi connectivity index (χ0v) is 11.7. The molecule has 0 bridgehead atoms. The van der Waals surface area contributed by atoms with E-state index in [0.717, 1.165) is 5.82 Å². The molecule has 2 aliphatic rings. The van der Waals surface area contributed by atoms with Crippen LogP contribution in [0.3, 0.4) is 0 Å². The van der Waals surface area contributed by atoms with Gasteiger partial charge in [0.1, 0.15) is 35.6 Å². The Hall–Kier alpha value is -1.29. The van der Waals surface area contributed by atoms with Gasteiger partial charge in [-0.15, -0.1) is 0 Å². The van der Waals surface area contributed by atoms with E-state index in [-0.39, 0.29) is 5.44 Å². The second kappa shape index (κ2) is 5.60. The Labute approximate surface area is 120 Å². The summed E-state index contributed by atoms with van der Waals surface area (Å²) in [7, 11) is 1.77. The predicted octanol–water partition coefficient (Wildman–Crippen LogP) is -1.04. The number of anilines is 1. The molecule has 0 radical (unpaired) electrons. The maximum Gasteiger partial charge on any atom is 0.159 e. The number of hydrogen-bond acceptors (Lipinski definition) is 8. The number of nitrogens with zero attached hydrogens (tertiary/aromatic N) is 2. The molecule has 110 valence electrons. The Morgan fingerprint density at radius 2 is 2.30 bits per heavy atom. The lowest BCUT2D eigenvalue weighted by Gasteiger charge is -2.38. The average molecular weight is 299 g/mol. The van der Waals surface area contributed by atoms with Crippen molar-refractivity contribution < 1.29 is 14.9 Å². The summed E-state index contributed by atoms with van der Waals surface area (Å²) in [5.74, 6) is 0.739. The van der Waals surface area contributed by atoms with Crippen LogP contribution in [0.2, 0.25) is 0 Å². The fraction of sp³-hybridized carbons (Fsp3) is 0.636. The number of aliphatic hydroxyl groups excluding tert-OH is 2. The van der Waals surface area contributed by atoms with E-state index >= 15 is 0 Å². The third-order valence-corrected chi connectivity index (χ3v) is 4.53. The first-order valence-corrected chi connectivity index (χ1v) is 7.24. The van der Waals surface area contributed by atoms with Gasteiger partial charge in [0.25, 0.3) is 0 Å². The first kappa shape index (κ1) is 13.7. The van der Waals surface area contributed by atoms with Crippen LogP contribution in [0, 0.1) is 0 Å². The summed E-state index contributed by atoms with van der Waals surface area (Å²) in [6, 6.07) is 1.35. The van der Waals surface area contributed by atoms with E-state index in [1.54, 1.807) is 19.3 Å². The third-order valence-electron chi connectivity index (χ3n) is 3.37. The Morgan fingerprint density at radius 1 is 1.45 bits per heavy atom. The molecule has 5 atom stereocenters. The van der Waals surface area contributed by atoms with Crippen LogP contribution in [0.5, 0.6) is 0 Å². The maximum absolute atomic E-state index is 10.2. The molecular formula is C11H17N5O3S. The average Bonchev–Trinajstić information content (AvgIpc) is 3.10. The molecule has 3 rings (SSSR count). The Morgan fingerprint density at radius 3 is 3.00 bits per heavy atom. The molecule has 1 saturated heterocycles. The van der Waals surface area contributed by atoms with Crippen molar-refractivity contribution in [1.29, 1.82) is 0 Å². The molecule has 0 unspecified atom stereocenters. The highest BCUT2D eigenvalue weighted by Gasteiger charge is 2.47. The molecule has 0 amide bonds. The topological polar surface area (TPSA) is 115 Å². The van der Waals surface area contributed by atoms with E-state index in [9.17, 15) is 10.2 Å². The van der Waals surface area contributed by atoms with Gasteiger partial charge < -0.3 is 25.6 Å². The molecule has 1 aromatic heterocycles. The minimum Gasteiger partial charge on any atom is -0.388 e. The second-order valence-corrected chi connectivity index (χ2v) is 5.76. The Kier molecular flexibility index (Phi) is 3.83. The van der Waals surface area contributed by atoms with Crippen molar-refractivity contribution in [2.24, 2.45) is 4.99 Å². The van der Waals surface area contributed by atoms with Crippen LogP contribution in [-0.4, -0.2) is 69.0 Å². The van der Waals surface area contributed by atoms with Crippen molar-refractivity contribution in [3.63, 3.8) is 0 Å². The maximum atomic E-state index is 10.2. The fourth-order valence-electron chi connectivity index (χ4n) is 2.28. The number of aliphatic hydroxyl groups is 2. The van der Waals surface area contributed by atoms with Gasteiger partial charge in [0, 0.05) is 13.6 Å². The monoisotopic (exact) mass is 299 g/mol. The van der Waals surface area contributed by atoms with Crippen LogP contribution in [0.15, 0.2) is 17.3 Å². The smallest absolute Gasteiger partial charge is 0.159 e. The summed E-state index contributed by atoms with van der Waals surface area (Å²) < 4.78 is 5.82. The van der Waals surface area contributed by atoms with E-state index in [2.05, 4.69) is 25.8 Å². The summed E-state index contributed by atoms with van der Waals surface area (Å²) in [5.41, 5.74) is -0.274. The van der Waals surface area contributed by atoms with E-state index in [1.165, 1.54) is 11.8 Å². The lowest BCUT2D eigenvalue weighted by atomic mass is 9.98. The van der Waals surface area contributed by atoms with Crippen LogP contribution < -0.4 is 10.6 Å².